The third kappa shape index (κ3) is 4.20. The molecule has 0 saturated carbocycles. The van der Waals surface area contributed by atoms with Gasteiger partial charge in [0.1, 0.15) is 4.21 Å². The number of aromatic nitrogens is 2. The first-order valence-electron chi connectivity index (χ1n) is 10.8. The number of hydrogen-bond acceptors (Lipinski definition) is 6. The van der Waals surface area contributed by atoms with E-state index >= 15 is 0 Å². The Morgan fingerprint density at radius 1 is 1.24 bits per heavy atom. The maximum Gasteiger partial charge on any atom is 0.253 e. The average molecular weight is 519 g/mol. The summed E-state index contributed by atoms with van der Waals surface area (Å²) in [5.74, 6) is -0.255. The van der Waals surface area contributed by atoms with Gasteiger partial charge in [-0.25, -0.2) is 8.42 Å². The summed E-state index contributed by atoms with van der Waals surface area (Å²) in [7, 11) is -2.19. The van der Waals surface area contributed by atoms with Gasteiger partial charge in [0.15, 0.2) is 0 Å². The molecule has 8 nitrogen and oxygen atoms in total. The van der Waals surface area contributed by atoms with E-state index in [1.165, 1.54) is 4.31 Å². The summed E-state index contributed by atoms with van der Waals surface area (Å²) < 4.78 is 34.2. The third-order valence-corrected chi connectivity index (χ3v) is 9.70. The van der Waals surface area contributed by atoms with Crippen molar-refractivity contribution >= 4 is 59.9 Å². The maximum absolute atomic E-state index is 13.3. The lowest BCUT2D eigenvalue weighted by molar-refractivity contribution is -0.137. The van der Waals surface area contributed by atoms with E-state index in [1.54, 1.807) is 42.5 Å². The Morgan fingerprint density at radius 3 is 2.88 bits per heavy atom. The molecular formula is C23H23ClN4O4S2. The topological polar surface area (TPSA) is 95.6 Å². The lowest BCUT2D eigenvalue weighted by atomic mass is 10.0. The van der Waals surface area contributed by atoms with Crippen LogP contribution in [0.1, 0.15) is 18.2 Å². The molecule has 4 heterocycles. The van der Waals surface area contributed by atoms with Crippen molar-refractivity contribution in [3.8, 4) is 0 Å². The standard InChI is InChI=1S/C23H23ClN4O4S2/c1-32-11-6-19(23-17-4-7-25-18(17)5-8-26-23)28-10-9-27(14-21(28)29)34(30,31)22-12-15-2-3-16(24)13-20(15)33-22/h2-5,7-8,12-13,19,25H,6,9-11,14H2,1H3. The Kier molecular flexibility index (Phi) is 6.34. The minimum absolute atomic E-state index is 0.204. The van der Waals surface area contributed by atoms with E-state index in [-0.39, 0.29) is 35.8 Å². The van der Waals surface area contributed by atoms with Crippen molar-refractivity contribution in [2.45, 2.75) is 16.7 Å². The van der Waals surface area contributed by atoms with Gasteiger partial charge in [-0.15, -0.1) is 11.3 Å². The van der Waals surface area contributed by atoms with E-state index in [0.29, 0.717) is 18.1 Å². The number of nitrogens with one attached hydrogen (secondary N) is 1. The Bertz CT molecular complexity index is 1470. The molecule has 1 unspecified atom stereocenters. The van der Waals surface area contributed by atoms with Crippen LogP contribution in [0.25, 0.3) is 21.0 Å². The zero-order valence-electron chi connectivity index (χ0n) is 18.4. The van der Waals surface area contributed by atoms with Crippen LogP contribution in [-0.4, -0.2) is 66.8 Å². The van der Waals surface area contributed by atoms with Crippen LogP contribution in [0.2, 0.25) is 5.02 Å². The molecule has 1 fully saturated rings. The largest absolute Gasteiger partial charge is 0.385 e. The lowest BCUT2D eigenvalue weighted by Gasteiger charge is -2.38. The molecule has 1 atom stereocenters. The third-order valence-electron chi connectivity index (χ3n) is 6.07. The Balaban J connectivity index is 1.41. The van der Waals surface area contributed by atoms with Crippen molar-refractivity contribution < 1.29 is 17.9 Å². The molecule has 1 aliphatic rings. The molecule has 5 rings (SSSR count). The van der Waals surface area contributed by atoms with Crippen LogP contribution >= 0.6 is 22.9 Å². The van der Waals surface area contributed by atoms with Crippen LogP contribution in [0.15, 0.2) is 53.0 Å². The highest BCUT2D eigenvalue weighted by Crippen LogP contribution is 2.35. The van der Waals surface area contributed by atoms with Gasteiger partial charge in [0.05, 0.1) is 18.3 Å². The Morgan fingerprint density at radius 2 is 2.09 bits per heavy atom. The number of aromatic amines is 1. The molecule has 1 aliphatic heterocycles. The molecule has 0 aliphatic carbocycles. The molecule has 1 amide bonds. The summed E-state index contributed by atoms with van der Waals surface area (Å²) in [6, 6.07) is 10.4. The minimum Gasteiger partial charge on any atom is -0.385 e. The summed E-state index contributed by atoms with van der Waals surface area (Å²) in [6.45, 7) is 0.703. The fraction of sp³-hybridized carbons (Fsp3) is 0.304. The second-order valence-corrected chi connectivity index (χ2v) is 11.8. The number of pyridine rings is 1. The number of fused-ring (bicyclic) bond motifs is 2. The van der Waals surface area contributed by atoms with Gasteiger partial charge in [-0.3, -0.25) is 9.78 Å². The van der Waals surface area contributed by atoms with Crippen molar-refractivity contribution in [1.82, 2.24) is 19.2 Å². The lowest BCUT2D eigenvalue weighted by Crippen LogP contribution is -2.53. The number of rotatable bonds is 7. The Labute approximate surface area is 206 Å². The molecule has 1 saturated heterocycles. The molecule has 4 aromatic rings. The van der Waals surface area contributed by atoms with Gasteiger partial charge in [0.25, 0.3) is 10.0 Å². The van der Waals surface area contributed by atoms with Crippen LogP contribution in [-0.2, 0) is 19.6 Å². The predicted octanol–water partition coefficient (Wildman–Crippen LogP) is 4.04. The van der Waals surface area contributed by atoms with Gasteiger partial charge in [-0.2, -0.15) is 4.31 Å². The number of carbonyl (C=O) groups excluding carboxylic acids is 1. The average Bonchev–Trinajstić information content (AvgIpc) is 3.47. The summed E-state index contributed by atoms with van der Waals surface area (Å²) >= 11 is 7.21. The highest BCUT2D eigenvalue weighted by molar-refractivity contribution is 7.91. The van der Waals surface area contributed by atoms with Gasteiger partial charge in [-0.1, -0.05) is 17.7 Å². The molecule has 0 spiro atoms. The van der Waals surface area contributed by atoms with Gasteiger partial charge >= 0.3 is 0 Å². The fourth-order valence-electron chi connectivity index (χ4n) is 4.37. The van der Waals surface area contributed by atoms with Crippen molar-refractivity contribution in [3.05, 3.63) is 59.5 Å². The van der Waals surface area contributed by atoms with E-state index < -0.39 is 10.0 Å². The number of hydrogen-bond donors (Lipinski definition) is 1. The van der Waals surface area contributed by atoms with E-state index in [1.807, 2.05) is 18.3 Å². The number of sulfonamides is 1. The number of carbonyl (C=O) groups is 1. The number of H-pyrrole nitrogens is 1. The number of ether oxygens (including phenoxy) is 1. The summed E-state index contributed by atoms with van der Waals surface area (Å²) in [4.78, 5) is 22.8. The summed E-state index contributed by atoms with van der Waals surface area (Å²) in [6.07, 6.45) is 4.12. The molecule has 0 radical (unpaired) electrons. The quantitative estimate of drug-likeness (QED) is 0.398. The monoisotopic (exact) mass is 518 g/mol. The smallest absolute Gasteiger partial charge is 0.253 e. The van der Waals surface area contributed by atoms with Crippen molar-refractivity contribution in [2.24, 2.45) is 0 Å². The fourth-order valence-corrected chi connectivity index (χ4v) is 7.58. The second-order valence-electron chi connectivity index (χ2n) is 8.11. The van der Waals surface area contributed by atoms with Gasteiger partial charge < -0.3 is 14.6 Å². The molecule has 3 aromatic heterocycles. The van der Waals surface area contributed by atoms with Crippen LogP contribution in [0.4, 0.5) is 0 Å². The van der Waals surface area contributed by atoms with E-state index in [4.69, 9.17) is 16.3 Å². The van der Waals surface area contributed by atoms with Crippen LogP contribution in [0.3, 0.4) is 0 Å². The predicted molar refractivity (Wildman–Crippen MR) is 133 cm³/mol. The van der Waals surface area contributed by atoms with E-state index in [2.05, 4.69) is 9.97 Å². The zero-order chi connectivity index (χ0) is 23.9. The van der Waals surface area contributed by atoms with Gasteiger partial charge in [0.2, 0.25) is 5.91 Å². The molecule has 34 heavy (non-hydrogen) atoms. The number of thiophene rings is 1. The highest BCUT2D eigenvalue weighted by Gasteiger charge is 2.37. The first-order chi connectivity index (χ1) is 16.4. The SMILES string of the molecule is COCCC(c1nccc2[nH]ccc12)N1CCN(S(=O)(=O)c2cc3ccc(Cl)cc3s2)CC1=O. The molecule has 178 valence electrons. The molecular weight excluding hydrogens is 496 g/mol. The number of piperazine rings is 1. The normalized spacial score (nSPS) is 16.5. The first kappa shape index (κ1) is 23.3. The van der Waals surface area contributed by atoms with Crippen molar-refractivity contribution in [1.29, 1.82) is 0 Å². The summed E-state index contributed by atoms with van der Waals surface area (Å²) in [5.41, 5.74) is 1.72. The molecule has 11 heteroatoms. The second kappa shape index (κ2) is 9.27. The number of nitrogens with zero attached hydrogens (tertiary/aromatic N) is 3. The van der Waals surface area contributed by atoms with Crippen LogP contribution in [0, 0.1) is 0 Å². The molecule has 1 aromatic carbocycles. The number of amides is 1. The van der Waals surface area contributed by atoms with E-state index in [0.717, 1.165) is 38.0 Å². The Hall–Kier alpha value is -2.50. The van der Waals surface area contributed by atoms with Crippen molar-refractivity contribution in [3.63, 3.8) is 0 Å². The summed E-state index contributed by atoms with van der Waals surface area (Å²) in [5, 5.41) is 2.30. The first-order valence-corrected chi connectivity index (χ1v) is 13.4. The number of halogens is 1. The van der Waals surface area contributed by atoms with Crippen molar-refractivity contribution in [2.75, 3.05) is 33.4 Å². The van der Waals surface area contributed by atoms with Crippen LogP contribution in [0.5, 0.6) is 0 Å². The van der Waals surface area contributed by atoms with Gasteiger partial charge in [-0.05, 0) is 42.1 Å². The highest BCUT2D eigenvalue weighted by atomic mass is 35.5. The maximum atomic E-state index is 13.3. The van der Waals surface area contributed by atoms with Crippen LogP contribution < -0.4 is 0 Å². The minimum atomic E-state index is -3.81. The molecule has 1 N–H and O–H groups in total. The molecule has 0 bridgehead atoms. The zero-order valence-corrected chi connectivity index (χ0v) is 20.8. The van der Waals surface area contributed by atoms with Gasteiger partial charge in [0, 0.05) is 59.8 Å². The number of methoxy groups -OCH3 is 1. The number of benzene rings is 1. The van der Waals surface area contributed by atoms with E-state index in [9.17, 15) is 13.2 Å².